The first-order valence-electron chi connectivity index (χ1n) is 9.45. The Bertz CT molecular complexity index is 1310. The highest BCUT2D eigenvalue weighted by atomic mass is 35.5. The molecule has 0 aliphatic carbocycles. The number of methoxy groups -OCH3 is 1. The van der Waals surface area contributed by atoms with Gasteiger partial charge in [0.1, 0.15) is 10.7 Å². The molecule has 1 N–H and O–H groups in total. The van der Waals surface area contributed by atoms with Gasteiger partial charge < -0.3 is 14.6 Å². The highest BCUT2D eigenvalue weighted by molar-refractivity contribution is 7.90. The maximum atomic E-state index is 14.6. The van der Waals surface area contributed by atoms with Crippen LogP contribution < -0.4 is 4.74 Å². The van der Waals surface area contributed by atoms with Crippen LogP contribution in [0.4, 0.5) is 4.39 Å². The Morgan fingerprint density at radius 2 is 1.73 bits per heavy atom. The number of ether oxygens (including phenoxy) is 2. The normalized spacial score (nSPS) is 11.1. The Balaban J connectivity index is 2.09. The van der Waals surface area contributed by atoms with Crippen molar-refractivity contribution in [3.05, 3.63) is 82.6 Å². The van der Waals surface area contributed by atoms with E-state index in [0.717, 1.165) is 30.9 Å². The second kappa shape index (κ2) is 10.0. The maximum Gasteiger partial charge on any atom is 0.341 e. The fourth-order valence-corrected chi connectivity index (χ4v) is 4.96. The van der Waals surface area contributed by atoms with Gasteiger partial charge in [-0.15, -0.1) is 0 Å². The second-order valence-electron chi connectivity index (χ2n) is 6.89. The molecule has 0 unspecified atom stereocenters. The van der Waals surface area contributed by atoms with Crippen LogP contribution in [0.5, 0.6) is 5.75 Å². The van der Waals surface area contributed by atoms with Crippen molar-refractivity contribution in [1.82, 2.24) is 0 Å². The number of hydrogen-bond donors (Lipinski definition) is 1. The molecule has 0 aliphatic rings. The van der Waals surface area contributed by atoms with Crippen LogP contribution in [-0.2, 0) is 25.1 Å². The largest absolute Gasteiger partial charge is 0.479 e. The Kier molecular flexibility index (Phi) is 7.35. The monoisotopic (exact) mass is 492 g/mol. The minimum Gasteiger partial charge on any atom is -0.479 e. The van der Waals surface area contributed by atoms with E-state index >= 15 is 0 Å². The molecule has 0 bridgehead atoms. The van der Waals surface area contributed by atoms with Crippen LogP contribution >= 0.6 is 11.6 Å². The molecule has 0 radical (unpaired) electrons. The van der Waals surface area contributed by atoms with Gasteiger partial charge in [0.25, 0.3) is 0 Å². The molecule has 0 saturated heterocycles. The zero-order chi connectivity index (χ0) is 24.2. The molecule has 0 spiro atoms. The lowest BCUT2D eigenvalue weighted by atomic mass is 10.0. The van der Waals surface area contributed by atoms with Crippen LogP contribution in [0.1, 0.15) is 15.9 Å². The molecule has 7 nitrogen and oxygen atoms in total. The summed E-state index contributed by atoms with van der Waals surface area (Å²) in [7, 11) is -3.25. The number of esters is 1. The number of carboxylic acids is 1. The first kappa shape index (κ1) is 24.2. The number of benzene rings is 3. The van der Waals surface area contributed by atoms with Crippen LogP contribution in [0.3, 0.4) is 0 Å². The van der Waals surface area contributed by atoms with Crippen molar-refractivity contribution in [3.8, 4) is 16.9 Å². The van der Waals surface area contributed by atoms with Crippen molar-refractivity contribution >= 4 is 33.4 Å². The number of aliphatic carboxylic acids is 1. The third-order valence-corrected chi connectivity index (χ3v) is 6.55. The van der Waals surface area contributed by atoms with Gasteiger partial charge in [0.2, 0.25) is 0 Å². The van der Waals surface area contributed by atoms with E-state index in [-0.39, 0.29) is 16.1 Å². The van der Waals surface area contributed by atoms with Crippen molar-refractivity contribution in [2.24, 2.45) is 0 Å². The Morgan fingerprint density at radius 3 is 2.36 bits per heavy atom. The SMILES string of the molecule is COC(=O)c1cc(Cl)c(OCC(=O)O)c(S(=O)(=O)Cc2cc(-c3ccccc3)ccc2F)c1. The third kappa shape index (κ3) is 5.68. The molecule has 0 saturated carbocycles. The van der Waals surface area contributed by atoms with Crippen LogP contribution in [-0.4, -0.2) is 39.2 Å². The summed E-state index contributed by atoms with van der Waals surface area (Å²) in [5.41, 5.74) is 1.05. The molecule has 3 aromatic carbocycles. The summed E-state index contributed by atoms with van der Waals surface area (Å²) in [5.74, 6) is -4.22. The Hall–Kier alpha value is -3.43. The van der Waals surface area contributed by atoms with Gasteiger partial charge in [0.15, 0.2) is 22.2 Å². The number of rotatable bonds is 8. The van der Waals surface area contributed by atoms with Gasteiger partial charge in [-0.05, 0) is 35.4 Å². The van der Waals surface area contributed by atoms with E-state index in [4.69, 9.17) is 21.4 Å². The zero-order valence-corrected chi connectivity index (χ0v) is 18.8. The lowest BCUT2D eigenvalue weighted by Crippen LogP contribution is -2.15. The van der Waals surface area contributed by atoms with Gasteiger partial charge in [-0.25, -0.2) is 22.4 Å². The molecule has 0 aromatic heterocycles. The first-order chi connectivity index (χ1) is 15.6. The molecule has 33 heavy (non-hydrogen) atoms. The molecule has 0 amide bonds. The number of carboxylic acid groups (broad SMARTS) is 1. The van der Waals surface area contributed by atoms with Crippen molar-refractivity contribution < 1.29 is 37.0 Å². The van der Waals surface area contributed by atoms with E-state index < -0.39 is 50.6 Å². The van der Waals surface area contributed by atoms with Crippen LogP contribution in [0.25, 0.3) is 11.1 Å². The van der Waals surface area contributed by atoms with E-state index in [2.05, 4.69) is 4.74 Å². The predicted octanol–water partition coefficient (Wildman–Crippen LogP) is 4.37. The first-order valence-corrected chi connectivity index (χ1v) is 11.5. The van der Waals surface area contributed by atoms with Crippen molar-refractivity contribution in [3.63, 3.8) is 0 Å². The summed E-state index contributed by atoms with van der Waals surface area (Å²) >= 11 is 6.10. The summed E-state index contributed by atoms with van der Waals surface area (Å²) in [4.78, 5) is 22.3. The summed E-state index contributed by atoms with van der Waals surface area (Å²) in [6, 6.07) is 15.1. The van der Waals surface area contributed by atoms with Gasteiger partial charge >= 0.3 is 11.9 Å². The van der Waals surface area contributed by atoms with E-state index in [0.29, 0.717) is 5.56 Å². The Morgan fingerprint density at radius 1 is 1.03 bits per heavy atom. The summed E-state index contributed by atoms with van der Waals surface area (Å²) in [5, 5.41) is 8.60. The maximum absolute atomic E-state index is 14.6. The lowest BCUT2D eigenvalue weighted by Gasteiger charge is -2.15. The minimum absolute atomic E-state index is 0.125. The molecule has 3 aromatic rings. The number of carbonyl (C=O) groups excluding carboxylic acids is 1. The van der Waals surface area contributed by atoms with Crippen molar-refractivity contribution in [2.75, 3.05) is 13.7 Å². The third-order valence-electron chi connectivity index (χ3n) is 4.60. The topological polar surface area (TPSA) is 107 Å². The van der Waals surface area contributed by atoms with Crippen LogP contribution in [0.2, 0.25) is 5.02 Å². The highest BCUT2D eigenvalue weighted by Crippen LogP contribution is 2.36. The van der Waals surface area contributed by atoms with Gasteiger partial charge in [-0.1, -0.05) is 48.0 Å². The summed E-state index contributed by atoms with van der Waals surface area (Å²) < 4.78 is 50.8. The second-order valence-corrected chi connectivity index (χ2v) is 9.26. The quantitative estimate of drug-likeness (QED) is 0.465. The van der Waals surface area contributed by atoms with Gasteiger partial charge in [-0.2, -0.15) is 0 Å². The van der Waals surface area contributed by atoms with Crippen LogP contribution in [0, 0.1) is 5.82 Å². The molecule has 0 atom stereocenters. The molecular formula is C23H18ClFO7S. The van der Waals surface area contributed by atoms with Gasteiger partial charge in [0, 0.05) is 5.56 Å². The average molecular weight is 493 g/mol. The number of hydrogen-bond acceptors (Lipinski definition) is 6. The standard InChI is InChI=1S/C23H18ClFO7S/c1-31-23(28)16-10-18(24)22(32-12-21(26)27)20(11-16)33(29,30)13-17-9-15(7-8-19(17)25)14-5-3-2-4-6-14/h2-11H,12-13H2,1H3,(H,26,27). The molecule has 0 aliphatic heterocycles. The molecule has 0 heterocycles. The molecule has 0 fully saturated rings. The zero-order valence-electron chi connectivity index (χ0n) is 17.2. The van der Waals surface area contributed by atoms with E-state index in [1.165, 1.54) is 12.1 Å². The number of sulfone groups is 1. The Labute approximate surface area is 194 Å². The van der Waals surface area contributed by atoms with Crippen molar-refractivity contribution in [2.45, 2.75) is 10.6 Å². The fourth-order valence-electron chi connectivity index (χ4n) is 3.09. The molecular weight excluding hydrogens is 475 g/mol. The van der Waals surface area contributed by atoms with Crippen molar-refractivity contribution in [1.29, 1.82) is 0 Å². The smallest absolute Gasteiger partial charge is 0.341 e. The molecule has 3 rings (SSSR count). The summed E-state index contributed by atoms with van der Waals surface area (Å²) in [6.07, 6.45) is 0. The van der Waals surface area contributed by atoms with E-state index in [1.54, 1.807) is 24.3 Å². The van der Waals surface area contributed by atoms with E-state index in [9.17, 15) is 22.4 Å². The lowest BCUT2D eigenvalue weighted by molar-refractivity contribution is -0.139. The number of carbonyl (C=O) groups is 2. The predicted molar refractivity (Wildman–Crippen MR) is 119 cm³/mol. The van der Waals surface area contributed by atoms with Crippen LogP contribution in [0.15, 0.2) is 65.6 Å². The fraction of sp³-hybridized carbons (Fsp3) is 0.130. The molecule has 10 heteroatoms. The van der Waals surface area contributed by atoms with Gasteiger partial charge in [-0.3, -0.25) is 0 Å². The molecule has 172 valence electrons. The average Bonchev–Trinajstić information content (AvgIpc) is 2.79. The number of halogens is 2. The van der Waals surface area contributed by atoms with Gasteiger partial charge in [0.05, 0.1) is 23.4 Å². The minimum atomic E-state index is -4.35. The van der Waals surface area contributed by atoms with E-state index in [1.807, 2.05) is 6.07 Å². The summed E-state index contributed by atoms with van der Waals surface area (Å²) in [6.45, 7) is -0.877. The highest BCUT2D eigenvalue weighted by Gasteiger charge is 2.27.